The fraction of sp³-hybridized carbons (Fsp3) is 0.368. The molecule has 246 valence electrons. The van der Waals surface area contributed by atoms with Crippen LogP contribution in [0.2, 0.25) is 5.02 Å². The van der Waals surface area contributed by atoms with E-state index in [1.165, 1.54) is 11.1 Å². The van der Waals surface area contributed by atoms with E-state index in [-0.39, 0.29) is 25.3 Å². The summed E-state index contributed by atoms with van der Waals surface area (Å²) in [5, 5.41) is 36.3. The van der Waals surface area contributed by atoms with Crippen molar-refractivity contribution in [1.82, 2.24) is 10.2 Å². The summed E-state index contributed by atoms with van der Waals surface area (Å²) in [6, 6.07) is 35.0. The summed E-state index contributed by atoms with van der Waals surface area (Å²) in [4.78, 5) is 2.10. The zero-order chi connectivity index (χ0) is 32.7. The van der Waals surface area contributed by atoms with Crippen LogP contribution >= 0.6 is 11.6 Å². The summed E-state index contributed by atoms with van der Waals surface area (Å²) >= 11 is 6.07. The maximum atomic E-state index is 10.9. The van der Waals surface area contributed by atoms with E-state index >= 15 is 0 Å². The highest BCUT2D eigenvalue weighted by atomic mass is 35.5. The number of nitrogens with zero attached hydrogens (tertiary/aromatic N) is 1. The number of para-hydroxylation sites is 2. The molecule has 0 radical (unpaired) electrons. The van der Waals surface area contributed by atoms with Crippen LogP contribution in [0.3, 0.4) is 0 Å². The smallest absolute Gasteiger partial charge is 0.119 e. The third-order valence-corrected chi connectivity index (χ3v) is 8.11. The minimum Gasteiger partial charge on any atom is -0.491 e. The van der Waals surface area contributed by atoms with Crippen LogP contribution in [0, 0.1) is 0 Å². The summed E-state index contributed by atoms with van der Waals surface area (Å²) in [5.74, 6) is 1.42. The molecule has 4 rings (SSSR count). The minimum atomic E-state index is -0.737. The third kappa shape index (κ3) is 12.4. The highest BCUT2D eigenvalue weighted by Gasteiger charge is 2.22. The van der Waals surface area contributed by atoms with E-state index in [1.54, 1.807) is 12.1 Å². The van der Waals surface area contributed by atoms with Gasteiger partial charge in [0.05, 0.1) is 6.10 Å². The Labute approximate surface area is 278 Å². The quantitative estimate of drug-likeness (QED) is 0.104. The number of aliphatic hydroxyl groups is 3. The molecule has 46 heavy (non-hydrogen) atoms. The van der Waals surface area contributed by atoms with Gasteiger partial charge in [-0.25, -0.2) is 0 Å². The first-order chi connectivity index (χ1) is 22.2. The Balaban J connectivity index is 1.30. The monoisotopic (exact) mass is 646 g/mol. The standard InChI is InChI=1S/C38H47ClN2O5/c1-28(40-23-38(44)32-10-9-11-33(39)22-32)20-30-16-18-31(19-17-30)21-29(2)41(24-34(42)26-45-36-12-5-3-6-13-36)25-35(43)27-46-37-14-7-4-8-15-37/h3-19,22,28-29,34-35,38,40,42-44H,20-21,23-27H2,1-2H3. The second-order valence-corrected chi connectivity index (χ2v) is 12.4. The van der Waals surface area contributed by atoms with Crippen molar-refractivity contribution >= 4 is 11.6 Å². The zero-order valence-electron chi connectivity index (χ0n) is 26.7. The molecule has 0 spiro atoms. The van der Waals surface area contributed by atoms with Crippen LogP contribution in [0.5, 0.6) is 11.5 Å². The molecule has 4 aromatic carbocycles. The topological polar surface area (TPSA) is 94.4 Å². The van der Waals surface area contributed by atoms with Gasteiger partial charge in [0, 0.05) is 36.7 Å². The first-order valence-corrected chi connectivity index (χ1v) is 16.3. The number of halogens is 1. The largest absolute Gasteiger partial charge is 0.491 e. The van der Waals surface area contributed by atoms with Crippen LogP contribution in [0.15, 0.2) is 109 Å². The molecule has 0 fully saturated rings. The van der Waals surface area contributed by atoms with E-state index in [0.717, 1.165) is 18.4 Å². The molecule has 0 bridgehead atoms. The molecule has 5 atom stereocenters. The Morgan fingerprint density at radius 3 is 1.72 bits per heavy atom. The fourth-order valence-corrected chi connectivity index (χ4v) is 5.55. The molecule has 0 amide bonds. The Morgan fingerprint density at radius 2 is 1.20 bits per heavy atom. The number of nitrogens with one attached hydrogen (secondary N) is 1. The molecule has 0 heterocycles. The van der Waals surface area contributed by atoms with Gasteiger partial charge in [-0.3, -0.25) is 4.90 Å². The SMILES string of the molecule is CC(Cc1ccc(CC(C)N(CC(O)COc2ccccc2)CC(O)COc2ccccc2)cc1)NCC(O)c1cccc(Cl)c1. The first kappa shape index (κ1) is 35.4. The van der Waals surface area contributed by atoms with Crippen molar-refractivity contribution < 1.29 is 24.8 Å². The minimum absolute atomic E-state index is 0.0390. The maximum Gasteiger partial charge on any atom is 0.119 e. The number of ether oxygens (including phenoxy) is 2. The molecule has 0 aromatic heterocycles. The van der Waals surface area contributed by atoms with Crippen LogP contribution in [0.4, 0.5) is 0 Å². The molecule has 4 N–H and O–H groups in total. The molecule has 0 saturated heterocycles. The van der Waals surface area contributed by atoms with Crippen molar-refractivity contribution in [2.24, 2.45) is 0 Å². The molecule has 0 saturated carbocycles. The Bertz CT molecular complexity index is 1360. The lowest BCUT2D eigenvalue weighted by molar-refractivity contribution is 0.0167. The Morgan fingerprint density at radius 1 is 0.674 bits per heavy atom. The summed E-state index contributed by atoms with van der Waals surface area (Å²) in [6.07, 6.45) is -0.527. The Hall–Kier alpha value is -3.43. The van der Waals surface area contributed by atoms with Crippen molar-refractivity contribution in [3.8, 4) is 11.5 Å². The van der Waals surface area contributed by atoms with Crippen LogP contribution in [0.25, 0.3) is 0 Å². The lowest BCUT2D eigenvalue weighted by atomic mass is 10.0. The number of rotatable bonds is 19. The van der Waals surface area contributed by atoms with Crippen molar-refractivity contribution in [2.75, 3.05) is 32.8 Å². The summed E-state index contributed by atoms with van der Waals surface area (Å²) in [5.41, 5.74) is 3.17. The molecular weight excluding hydrogens is 600 g/mol. The number of aliphatic hydroxyl groups excluding tert-OH is 3. The van der Waals surface area contributed by atoms with Gasteiger partial charge in [-0.2, -0.15) is 0 Å². The lowest BCUT2D eigenvalue weighted by Crippen LogP contribution is -2.46. The average Bonchev–Trinajstić information content (AvgIpc) is 3.07. The van der Waals surface area contributed by atoms with Gasteiger partial charge >= 0.3 is 0 Å². The lowest BCUT2D eigenvalue weighted by Gasteiger charge is -2.32. The van der Waals surface area contributed by atoms with E-state index in [9.17, 15) is 15.3 Å². The molecule has 0 aliphatic carbocycles. The van der Waals surface area contributed by atoms with Gasteiger partial charge < -0.3 is 30.1 Å². The molecule has 5 unspecified atom stereocenters. The zero-order valence-corrected chi connectivity index (χ0v) is 27.5. The van der Waals surface area contributed by atoms with Crippen LogP contribution in [-0.4, -0.2) is 77.4 Å². The normalized spacial score (nSPS) is 14.8. The van der Waals surface area contributed by atoms with Crippen molar-refractivity contribution in [1.29, 1.82) is 0 Å². The molecular formula is C38H47ClN2O5. The molecule has 8 heteroatoms. The van der Waals surface area contributed by atoms with Gasteiger partial charge in [0.2, 0.25) is 0 Å². The molecule has 0 aliphatic heterocycles. The van der Waals surface area contributed by atoms with Crippen LogP contribution in [0.1, 0.15) is 36.6 Å². The summed E-state index contributed by atoms with van der Waals surface area (Å²) in [6.45, 7) is 5.66. The van der Waals surface area contributed by atoms with Crippen molar-refractivity contribution in [3.05, 3.63) is 131 Å². The van der Waals surface area contributed by atoms with E-state index in [4.69, 9.17) is 21.1 Å². The van der Waals surface area contributed by atoms with Gasteiger partial charge in [0.15, 0.2) is 0 Å². The third-order valence-electron chi connectivity index (χ3n) is 7.87. The van der Waals surface area contributed by atoms with Gasteiger partial charge in [-0.05, 0) is 79.8 Å². The Kier molecular flexibility index (Phi) is 14.4. The number of hydrogen-bond acceptors (Lipinski definition) is 7. The predicted molar refractivity (Wildman–Crippen MR) is 185 cm³/mol. The maximum absolute atomic E-state index is 10.9. The summed E-state index contributed by atoms with van der Waals surface area (Å²) in [7, 11) is 0. The number of hydrogen-bond donors (Lipinski definition) is 4. The molecule has 7 nitrogen and oxygen atoms in total. The highest BCUT2D eigenvalue weighted by molar-refractivity contribution is 6.30. The number of benzene rings is 4. The molecule has 4 aromatic rings. The van der Waals surface area contributed by atoms with E-state index in [0.29, 0.717) is 36.2 Å². The van der Waals surface area contributed by atoms with Gasteiger partial charge in [0.25, 0.3) is 0 Å². The average molecular weight is 647 g/mol. The van der Waals surface area contributed by atoms with E-state index < -0.39 is 18.3 Å². The van der Waals surface area contributed by atoms with Gasteiger partial charge in [-0.1, -0.05) is 84.4 Å². The second-order valence-electron chi connectivity index (χ2n) is 12.0. The van der Waals surface area contributed by atoms with Gasteiger partial charge in [0.1, 0.15) is 36.9 Å². The van der Waals surface area contributed by atoms with E-state index in [2.05, 4.69) is 48.3 Å². The van der Waals surface area contributed by atoms with Crippen molar-refractivity contribution in [2.45, 2.75) is 57.1 Å². The fourth-order valence-electron chi connectivity index (χ4n) is 5.35. The van der Waals surface area contributed by atoms with Crippen LogP contribution in [-0.2, 0) is 12.8 Å². The second kappa shape index (κ2) is 18.6. The van der Waals surface area contributed by atoms with E-state index in [1.807, 2.05) is 72.8 Å². The van der Waals surface area contributed by atoms with Gasteiger partial charge in [-0.15, -0.1) is 0 Å². The highest BCUT2D eigenvalue weighted by Crippen LogP contribution is 2.18. The van der Waals surface area contributed by atoms with Crippen molar-refractivity contribution in [3.63, 3.8) is 0 Å². The molecule has 0 aliphatic rings. The summed E-state index contributed by atoms with van der Waals surface area (Å²) < 4.78 is 11.6. The predicted octanol–water partition coefficient (Wildman–Crippen LogP) is 5.71. The van der Waals surface area contributed by atoms with Crippen LogP contribution < -0.4 is 14.8 Å². The first-order valence-electron chi connectivity index (χ1n) is 16.0.